The first-order valence-electron chi connectivity index (χ1n) is 10.7. The van der Waals surface area contributed by atoms with Crippen molar-refractivity contribution in [2.75, 3.05) is 13.1 Å². The second-order valence-electron chi connectivity index (χ2n) is 9.03. The van der Waals surface area contributed by atoms with Crippen LogP contribution >= 0.6 is 0 Å². The zero-order chi connectivity index (χ0) is 18.6. The van der Waals surface area contributed by atoms with E-state index in [0.717, 1.165) is 5.76 Å². The summed E-state index contributed by atoms with van der Waals surface area (Å²) in [7, 11) is 0. The Morgan fingerprint density at radius 2 is 1.92 bits per heavy atom. The van der Waals surface area contributed by atoms with Crippen molar-refractivity contribution >= 4 is 0 Å². The lowest BCUT2D eigenvalue weighted by atomic mass is 9.85. The molecular weight excluding hydrogens is 322 g/mol. The van der Waals surface area contributed by atoms with Crippen LogP contribution in [0.4, 0.5) is 0 Å². The van der Waals surface area contributed by atoms with E-state index in [1.54, 1.807) is 0 Å². The van der Waals surface area contributed by atoms with Gasteiger partial charge in [0.15, 0.2) is 0 Å². The molecule has 3 nitrogen and oxygen atoms in total. The van der Waals surface area contributed by atoms with Gasteiger partial charge in [-0.15, -0.1) is 0 Å². The van der Waals surface area contributed by atoms with Gasteiger partial charge in [0.05, 0.1) is 12.3 Å². The number of allylic oxidation sites excluding steroid dienone is 1. The molecule has 3 heteroatoms. The molecule has 3 atom stereocenters. The maximum absolute atomic E-state index is 6.49. The molecule has 146 valence electrons. The van der Waals surface area contributed by atoms with Gasteiger partial charge in [-0.1, -0.05) is 32.6 Å². The van der Waals surface area contributed by atoms with Crippen molar-refractivity contribution in [3.05, 3.63) is 36.0 Å². The predicted octanol–water partition coefficient (Wildman–Crippen LogP) is 6.13. The highest BCUT2D eigenvalue weighted by molar-refractivity contribution is 5.28. The van der Waals surface area contributed by atoms with Crippen LogP contribution in [0.25, 0.3) is 0 Å². The molecule has 0 unspecified atom stereocenters. The van der Waals surface area contributed by atoms with Gasteiger partial charge in [-0.3, -0.25) is 4.90 Å². The average Bonchev–Trinajstić information content (AvgIpc) is 3.30. The van der Waals surface area contributed by atoms with Crippen LogP contribution in [-0.4, -0.2) is 29.6 Å². The Labute approximate surface area is 159 Å². The molecular formula is C23H37NO2. The van der Waals surface area contributed by atoms with Crippen LogP contribution in [0.1, 0.15) is 84.3 Å². The highest BCUT2D eigenvalue weighted by Crippen LogP contribution is 2.46. The van der Waals surface area contributed by atoms with E-state index < -0.39 is 0 Å². The van der Waals surface area contributed by atoms with Gasteiger partial charge in [-0.25, -0.2) is 0 Å². The fourth-order valence-electron chi connectivity index (χ4n) is 4.64. The van der Waals surface area contributed by atoms with Crippen molar-refractivity contribution in [1.82, 2.24) is 4.90 Å². The first-order chi connectivity index (χ1) is 12.5. The van der Waals surface area contributed by atoms with Crippen molar-refractivity contribution in [3.63, 3.8) is 0 Å². The fraction of sp³-hybridized carbons (Fsp3) is 0.739. The van der Waals surface area contributed by atoms with E-state index in [2.05, 4.69) is 44.7 Å². The SMILES string of the molecule is CCCCCC[C@@H]1[C@@H](c2ccco2)C=C(OC(C)(C)C)[C@H]1N1CCCC1. The molecule has 0 N–H and O–H groups in total. The maximum atomic E-state index is 6.49. The first-order valence-corrected chi connectivity index (χ1v) is 10.7. The van der Waals surface area contributed by atoms with Crippen LogP contribution in [0.2, 0.25) is 0 Å². The Balaban J connectivity index is 1.84. The normalized spacial score (nSPS) is 27.1. The zero-order valence-electron chi connectivity index (χ0n) is 17.2. The molecule has 1 aromatic rings. The Bertz CT molecular complexity index is 564. The minimum Gasteiger partial charge on any atom is -0.491 e. The molecule has 0 saturated carbocycles. The highest BCUT2D eigenvalue weighted by atomic mass is 16.5. The lowest BCUT2D eigenvalue weighted by Gasteiger charge is -2.35. The van der Waals surface area contributed by atoms with E-state index in [1.165, 1.54) is 63.8 Å². The summed E-state index contributed by atoms with van der Waals surface area (Å²) in [6, 6.07) is 4.57. The van der Waals surface area contributed by atoms with E-state index in [-0.39, 0.29) is 5.60 Å². The second-order valence-corrected chi connectivity index (χ2v) is 9.03. The summed E-state index contributed by atoms with van der Waals surface area (Å²) in [6.45, 7) is 11.2. The van der Waals surface area contributed by atoms with Crippen molar-refractivity contribution in [1.29, 1.82) is 0 Å². The van der Waals surface area contributed by atoms with Gasteiger partial charge < -0.3 is 9.15 Å². The Kier molecular flexibility index (Phi) is 6.50. The smallest absolute Gasteiger partial charge is 0.111 e. The van der Waals surface area contributed by atoms with Gasteiger partial charge in [0.25, 0.3) is 0 Å². The van der Waals surface area contributed by atoms with Crippen LogP contribution in [-0.2, 0) is 4.74 Å². The van der Waals surface area contributed by atoms with Crippen molar-refractivity contribution in [2.24, 2.45) is 5.92 Å². The zero-order valence-corrected chi connectivity index (χ0v) is 17.2. The van der Waals surface area contributed by atoms with Gasteiger partial charge in [-0.2, -0.15) is 0 Å². The number of hydrogen-bond acceptors (Lipinski definition) is 3. The third kappa shape index (κ3) is 4.73. The highest BCUT2D eigenvalue weighted by Gasteiger charge is 2.44. The van der Waals surface area contributed by atoms with Gasteiger partial charge >= 0.3 is 0 Å². The third-order valence-electron chi connectivity index (χ3n) is 5.72. The molecule has 3 rings (SSSR count). The number of unbranched alkanes of at least 4 members (excludes halogenated alkanes) is 3. The van der Waals surface area contributed by atoms with E-state index >= 15 is 0 Å². The lowest BCUT2D eigenvalue weighted by Crippen LogP contribution is -2.41. The van der Waals surface area contributed by atoms with Crippen LogP contribution < -0.4 is 0 Å². The Morgan fingerprint density at radius 1 is 1.15 bits per heavy atom. The minimum absolute atomic E-state index is 0.158. The number of ether oxygens (including phenoxy) is 1. The molecule has 1 aromatic heterocycles. The van der Waals surface area contributed by atoms with E-state index in [1.807, 2.05) is 12.3 Å². The summed E-state index contributed by atoms with van der Waals surface area (Å²) in [6.07, 6.45) is 13.3. The molecule has 0 spiro atoms. The van der Waals surface area contributed by atoms with Crippen molar-refractivity contribution < 1.29 is 9.15 Å². The number of furan rings is 1. The standard InChI is InChI=1S/C23H37NO2/c1-5-6-7-8-12-18-19(20-13-11-16-25-20)17-21(26-23(2,3)4)22(18)24-14-9-10-15-24/h11,13,16-19,22H,5-10,12,14-15H2,1-4H3/t18-,19+,22+/m1/s1. The van der Waals surface area contributed by atoms with Crippen LogP contribution in [0.3, 0.4) is 0 Å². The summed E-state index contributed by atoms with van der Waals surface area (Å²) in [5.41, 5.74) is -0.158. The van der Waals surface area contributed by atoms with Crippen molar-refractivity contribution in [2.45, 2.75) is 90.2 Å². The van der Waals surface area contributed by atoms with Crippen LogP contribution in [0.5, 0.6) is 0 Å². The molecule has 2 aliphatic rings. The number of hydrogen-bond donors (Lipinski definition) is 0. The van der Waals surface area contributed by atoms with E-state index in [4.69, 9.17) is 9.15 Å². The van der Waals surface area contributed by atoms with Crippen LogP contribution in [0.15, 0.2) is 34.6 Å². The monoisotopic (exact) mass is 359 g/mol. The molecule has 1 aliphatic heterocycles. The molecule has 1 saturated heterocycles. The second kappa shape index (κ2) is 8.65. The maximum Gasteiger partial charge on any atom is 0.111 e. The molecule has 26 heavy (non-hydrogen) atoms. The average molecular weight is 360 g/mol. The van der Waals surface area contributed by atoms with E-state index in [9.17, 15) is 0 Å². The minimum atomic E-state index is -0.158. The molecule has 0 aromatic carbocycles. The summed E-state index contributed by atoms with van der Waals surface area (Å²) in [4.78, 5) is 2.67. The summed E-state index contributed by atoms with van der Waals surface area (Å²) in [5.74, 6) is 3.19. The van der Waals surface area contributed by atoms with Gasteiger partial charge in [-0.05, 0) is 77.2 Å². The summed E-state index contributed by atoms with van der Waals surface area (Å²) < 4.78 is 12.3. The summed E-state index contributed by atoms with van der Waals surface area (Å²) >= 11 is 0. The van der Waals surface area contributed by atoms with E-state index in [0.29, 0.717) is 17.9 Å². The Hall–Kier alpha value is -1.22. The third-order valence-corrected chi connectivity index (χ3v) is 5.72. The quantitative estimate of drug-likeness (QED) is 0.522. The fourth-order valence-corrected chi connectivity index (χ4v) is 4.64. The first kappa shape index (κ1) is 19.5. The van der Waals surface area contributed by atoms with Gasteiger partial charge in [0.2, 0.25) is 0 Å². The van der Waals surface area contributed by atoms with Crippen LogP contribution in [0, 0.1) is 5.92 Å². The number of nitrogens with zero attached hydrogens (tertiary/aromatic N) is 1. The predicted molar refractivity (Wildman–Crippen MR) is 107 cm³/mol. The molecule has 1 aliphatic carbocycles. The summed E-state index contributed by atoms with van der Waals surface area (Å²) in [5, 5.41) is 0. The molecule has 0 amide bonds. The largest absolute Gasteiger partial charge is 0.491 e. The molecule has 0 radical (unpaired) electrons. The molecule has 1 fully saturated rings. The number of rotatable bonds is 8. The van der Waals surface area contributed by atoms with Gasteiger partial charge in [0.1, 0.15) is 17.1 Å². The Morgan fingerprint density at radius 3 is 2.54 bits per heavy atom. The lowest BCUT2D eigenvalue weighted by molar-refractivity contribution is 0.0181. The molecule has 2 heterocycles. The topological polar surface area (TPSA) is 25.6 Å². The number of likely N-dealkylation sites (tertiary alicyclic amines) is 1. The van der Waals surface area contributed by atoms with Crippen molar-refractivity contribution in [3.8, 4) is 0 Å². The molecule has 0 bridgehead atoms. The van der Waals surface area contributed by atoms with Gasteiger partial charge in [0, 0.05) is 5.92 Å².